The first-order chi connectivity index (χ1) is 12.2. The molecule has 0 aliphatic heterocycles. The lowest BCUT2D eigenvalue weighted by atomic mass is 9.88. The van der Waals surface area contributed by atoms with Gasteiger partial charge in [-0.2, -0.15) is 0 Å². The van der Waals surface area contributed by atoms with Crippen molar-refractivity contribution in [1.82, 2.24) is 5.32 Å². The minimum absolute atomic E-state index is 0.0143. The molecule has 1 atom stereocenters. The third kappa shape index (κ3) is 4.92. The van der Waals surface area contributed by atoms with Crippen LogP contribution in [0.25, 0.3) is 0 Å². The number of esters is 1. The van der Waals surface area contributed by atoms with Gasteiger partial charge >= 0.3 is 5.97 Å². The van der Waals surface area contributed by atoms with Crippen molar-refractivity contribution in [3.63, 3.8) is 0 Å². The Hall–Kier alpha value is -2.62. The summed E-state index contributed by atoms with van der Waals surface area (Å²) in [6, 6.07) is 18.0. The normalized spacial score (nSPS) is 15.9. The fraction of sp³-hybridized carbons (Fsp3) is 0.333. The molecule has 4 nitrogen and oxygen atoms in total. The maximum atomic E-state index is 12.1. The van der Waals surface area contributed by atoms with E-state index in [1.54, 1.807) is 0 Å². The van der Waals surface area contributed by atoms with Crippen molar-refractivity contribution in [3.8, 4) is 0 Å². The molecule has 0 aromatic heterocycles. The van der Waals surface area contributed by atoms with E-state index in [0.29, 0.717) is 6.42 Å². The Balaban J connectivity index is 1.43. The van der Waals surface area contributed by atoms with Gasteiger partial charge in [-0.25, -0.2) is 0 Å². The van der Waals surface area contributed by atoms with Crippen molar-refractivity contribution < 1.29 is 14.3 Å². The van der Waals surface area contributed by atoms with Crippen LogP contribution in [0.5, 0.6) is 0 Å². The first kappa shape index (κ1) is 17.2. The van der Waals surface area contributed by atoms with Crippen LogP contribution in [0, 0.1) is 0 Å². The van der Waals surface area contributed by atoms with Gasteiger partial charge in [-0.05, 0) is 42.4 Å². The zero-order valence-corrected chi connectivity index (χ0v) is 14.2. The van der Waals surface area contributed by atoms with Gasteiger partial charge in [0.1, 0.15) is 0 Å². The zero-order chi connectivity index (χ0) is 17.5. The highest BCUT2D eigenvalue weighted by molar-refractivity contribution is 5.81. The monoisotopic (exact) mass is 337 g/mol. The second kappa shape index (κ2) is 8.47. The van der Waals surface area contributed by atoms with E-state index in [4.69, 9.17) is 4.74 Å². The number of amides is 1. The van der Waals surface area contributed by atoms with Crippen molar-refractivity contribution in [1.29, 1.82) is 0 Å². The Morgan fingerprint density at radius 1 is 1.04 bits per heavy atom. The number of carbonyl (C=O) groups excluding carboxylic acids is 2. The lowest BCUT2D eigenvalue weighted by Gasteiger charge is -2.26. The van der Waals surface area contributed by atoms with Crippen LogP contribution in [0.3, 0.4) is 0 Å². The third-order valence-electron chi connectivity index (χ3n) is 4.53. The van der Waals surface area contributed by atoms with E-state index in [1.165, 1.54) is 11.1 Å². The first-order valence-corrected chi connectivity index (χ1v) is 8.79. The van der Waals surface area contributed by atoms with Gasteiger partial charge < -0.3 is 10.1 Å². The van der Waals surface area contributed by atoms with E-state index in [9.17, 15) is 9.59 Å². The highest BCUT2D eigenvalue weighted by Gasteiger charge is 2.21. The van der Waals surface area contributed by atoms with Gasteiger partial charge in [0.05, 0.1) is 6.04 Å². The van der Waals surface area contributed by atoms with E-state index in [0.717, 1.165) is 24.8 Å². The number of carbonyl (C=O) groups is 2. The summed E-state index contributed by atoms with van der Waals surface area (Å²) in [5.41, 5.74) is 3.55. The summed E-state index contributed by atoms with van der Waals surface area (Å²) in [4.78, 5) is 23.9. The van der Waals surface area contributed by atoms with E-state index in [1.807, 2.05) is 42.5 Å². The summed E-state index contributed by atoms with van der Waals surface area (Å²) in [5.74, 6) is -0.585. The Morgan fingerprint density at radius 2 is 1.80 bits per heavy atom. The van der Waals surface area contributed by atoms with Crippen LogP contribution in [0.15, 0.2) is 54.6 Å². The SMILES string of the molecule is O=C(COC(=O)CCc1ccccc1)N[C@H]1CCCc2ccccc21. The Kier molecular flexibility index (Phi) is 5.83. The highest BCUT2D eigenvalue weighted by atomic mass is 16.5. The van der Waals surface area contributed by atoms with Gasteiger partial charge in [0.25, 0.3) is 5.91 Å². The lowest BCUT2D eigenvalue weighted by Crippen LogP contribution is -2.34. The molecule has 1 amide bonds. The molecule has 25 heavy (non-hydrogen) atoms. The van der Waals surface area contributed by atoms with Crippen molar-refractivity contribution in [2.45, 2.75) is 38.1 Å². The quantitative estimate of drug-likeness (QED) is 0.823. The van der Waals surface area contributed by atoms with Crippen LogP contribution in [0.1, 0.15) is 42.0 Å². The summed E-state index contributed by atoms with van der Waals surface area (Å²) in [7, 11) is 0. The molecule has 3 rings (SSSR count). The molecule has 1 aliphatic rings. The molecule has 0 spiro atoms. The van der Waals surface area contributed by atoms with Crippen molar-refractivity contribution >= 4 is 11.9 Å². The number of benzene rings is 2. The van der Waals surface area contributed by atoms with Gasteiger partial charge in [0.15, 0.2) is 6.61 Å². The fourth-order valence-electron chi connectivity index (χ4n) is 3.25. The Morgan fingerprint density at radius 3 is 2.64 bits per heavy atom. The van der Waals surface area contributed by atoms with E-state index >= 15 is 0 Å². The molecule has 130 valence electrons. The Bertz CT molecular complexity index is 727. The molecule has 0 saturated heterocycles. The van der Waals surface area contributed by atoms with Crippen LogP contribution < -0.4 is 5.32 Å². The molecule has 1 aliphatic carbocycles. The molecule has 1 N–H and O–H groups in total. The minimum Gasteiger partial charge on any atom is -0.456 e. The molecule has 0 fully saturated rings. The number of ether oxygens (including phenoxy) is 1. The number of hydrogen-bond donors (Lipinski definition) is 1. The van der Waals surface area contributed by atoms with Crippen LogP contribution in [0.2, 0.25) is 0 Å². The zero-order valence-electron chi connectivity index (χ0n) is 14.2. The van der Waals surface area contributed by atoms with Crippen LogP contribution >= 0.6 is 0 Å². The maximum absolute atomic E-state index is 12.1. The number of rotatable bonds is 6. The van der Waals surface area contributed by atoms with Gasteiger partial charge in [-0.1, -0.05) is 54.6 Å². The van der Waals surface area contributed by atoms with E-state index in [-0.39, 0.29) is 30.9 Å². The number of fused-ring (bicyclic) bond motifs is 1. The standard InChI is InChI=1S/C21H23NO3/c23-20(15-25-21(24)14-13-16-7-2-1-3-8-16)22-19-12-6-10-17-9-4-5-11-18(17)19/h1-5,7-9,11,19H,6,10,12-15H2,(H,22,23)/t19-/m0/s1. The van der Waals surface area contributed by atoms with Crippen LogP contribution in [0.4, 0.5) is 0 Å². The molecule has 0 radical (unpaired) electrons. The summed E-state index contributed by atoms with van der Waals surface area (Å²) in [6.07, 6.45) is 3.93. The molecule has 0 unspecified atom stereocenters. The molecule has 2 aromatic carbocycles. The fourth-order valence-corrected chi connectivity index (χ4v) is 3.25. The Labute approximate surface area is 148 Å². The summed E-state index contributed by atoms with van der Waals surface area (Å²) in [6.45, 7) is -0.216. The van der Waals surface area contributed by atoms with E-state index in [2.05, 4.69) is 17.4 Å². The number of hydrogen-bond acceptors (Lipinski definition) is 3. The third-order valence-corrected chi connectivity index (χ3v) is 4.53. The van der Waals surface area contributed by atoms with E-state index < -0.39 is 0 Å². The van der Waals surface area contributed by atoms with Gasteiger partial charge in [0.2, 0.25) is 0 Å². The molecule has 0 saturated carbocycles. The van der Waals surface area contributed by atoms with Gasteiger partial charge in [-0.3, -0.25) is 9.59 Å². The molecule has 0 bridgehead atoms. The summed E-state index contributed by atoms with van der Waals surface area (Å²) >= 11 is 0. The lowest BCUT2D eigenvalue weighted by molar-refractivity contribution is -0.148. The van der Waals surface area contributed by atoms with Crippen molar-refractivity contribution in [2.75, 3.05) is 6.61 Å². The first-order valence-electron chi connectivity index (χ1n) is 8.79. The largest absolute Gasteiger partial charge is 0.456 e. The number of nitrogens with one attached hydrogen (secondary N) is 1. The van der Waals surface area contributed by atoms with Crippen molar-refractivity contribution in [2.24, 2.45) is 0 Å². The van der Waals surface area contributed by atoms with Gasteiger partial charge in [0, 0.05) is 6.42 Å². The molecule has 2 aromatic rings. The topological polar surface area (TPSA) is 55.4 Å². The minimum atomic E-state index is -0.344. The summed E-state index contributed by atoms with van der Waals surface area (Å²) in [5, 5.41) is 2.99. The molecular weight excluding hydrogens is 314 g/mol. The van der Waals surface area contributed by atoms with Gasteiger partial charge in [-0.15, -0.1) is 0 Å². The smallest absolute Gasteiger partial charge is 0.306 e. The second-order valence-corrected chi connectivity index (χ2v) is 6.36. The average molecular weight is 337 g/mol. The second-order valence-electron chi connectivity index (χ2n) is 6.36. The highest BCUT2D eigenvalue weighted by Crippen LogP contribution is 2.29. The van der Waals surface area contributed by atoms with Crippen LogP contribution in [-0.4, -0.2) is 18.5 Å². The molecular formula is C21H23NO3. The predicted octanol–water partition coefficient (Wildman–Crippen LogP) is 3.36. The molecule has 4 heteroatoms. The predicted molar refractivity (Wildman–Crippen MR) is 96.0 cm³/mol. The molecule has 0 heterocycles. The number of aryl methyl sites for hydroxylation is 2. The van der Waals surface area contributed by atoms with Crippen LogP contribution in [-0.2, 0) is 27.2 Å². The van der Waals surface area contributed by atoms with Crippen molar-refractivity contribution in [3.05, 3.63) is 71.3 Å². The maximum Gasteiger partial charge on any atom is 0.306 e. The summed E-state index contributed by atoms with van der Waals surface area (Å²) < 4.78 is 5.10. The average Bonchev–Trinajstić information content (AvgIpc) is 2.66.